The Morgan fingerprint density at radius 3 is 2.35 bits per heavy atom. The molecule has 0 spiro atoms. The third kappa shape index (κ3) is 3.88. The highest BCUT2D eigenvalue weighted by Gasteiger charge is 1.97. The van der Waals surface area contributed by atoms with E-state index in [9.17, 15) is 0 Å². The molecular formula is C15H16ClN. The number of hydrogen-bond donors (Lipinski definition) is 1. The number of hydrogen-bond acceptors (Lipinski definition) is 1. The Balaban J connectivity index is 1.90. The van der Waals surface area contributed by atoms with Crippen molar-refractivity contribution in [3.8, 4) is 0 Å². The first-order chi connectivity index (χ1) is 8.24. The maximum Gasteiger partial charge on any atom is 0.0411 e. The van der Waals surface area contributed by atoms with E-state index in [1.165, 1.54) is 16.7 Å². The van der Waals surface area contributed by atoms with Crippen molar-refractivity contribution in [3.05, 3.63) is 70.2 Å². The lowest BCUT2D eigenvalue weighted by Gasteiger charge is -2.06. The summed E-state index contributed by atoms with van der Waals surface area (Å²) in [6.45, 7) is 3.79. The van der Waals surface area contributed by atoms with Gasteiger partial charge in [-0.05, 0) is 35.7 Å². The fourth-order valence-electron chi connectivity index (χ4n) is 1.86. The smallest absolute Gasteiger partial charge is 0.0411 e. The van der Waals surface area contributed by atoms with Crippen molar-refractivity contribution < 1.29 is 0 Å². The Labute approximate surface area is 107 Å². The molecule has 0 amide bonds. The van der Waals surface area contributed by atoms with Gasteiger partial charge >= 0.3 is 0 Å². The van der Waals surface area contributed by atoms with Crippen LogP contribution >= 0.6 is 11.6 Å². The molecule has 88 valence electrons. The van der Waals surface area contributed by atoms with Crippen molar-refractivity contribution in [2.24, 2.45) is 0 Å². The first kappa shape index (κ1) is 12.2. The third-order valence-corrected chi connectivity index (χ3v) is 2.82. The van der Waals surface area contributed by atoms with E-state index in [4.69, 9.17) is 11.6 Å². The quantitative estimate of drug-likeness (QED) is 0.861. The molecule has 0 radical (unpaired) electrons. The minimum atomic E-state index is 0.807. The first-order valence-corrected chi connectivity index (χ1v) is 6.12. The second-order valence-electron chi connectivity index (χ2n) is 4.23. The Kier molecular flexibility index (Phi) is 4.18. The van der Waals surface area contributed by atoms with E-state index in [1.807, 2.05) is 18.2 Å². The fourth-order valence-corrected chi connectivity index (χ4v) is 2.17. The molecule has 2 aromatic rings. The van der Waals surface area contributed by atoms with Gasteiger partial charge in [0, 0.05) is 18.1 Å². The molecule has 17 heavy (non-hydrogen) atoms. The van der Waals surface area contributed by atoms with E-state index < -0.39 is 0 Å². The molecule has 0 bridgehead atoms. The highest BCUT2D eigenvalue weighted by molar-refractivity contribution is 6.30. The van der Waals surface area contributed by atoms with Gasteiger partial charge in [0.15, 0.2) is 0 Å². The van der Waals surface area contributed by atoms with E-state index in [0.717, 1.165) is 18.1 Å². The Bertz CT molecular complexity index is 459. The lowest BCUT2D eigenvalue weighted by molar-refractivity contribution is 0.693. The van der Waals surface area contributed by atoms with Crippen LogP contribution in [0.1, 0.15) is 16.7 Å². The predicted octanol–water partition coefficient (Wildman–Crippen LogP) is 3.94. The van der Waals surface area contributed by atoms with Crippen LogP contribution in [0, 0.1) is 6.92 Å². The van der Waals surface area contributed by atoms with Crippen molar-refractivity contribution in [2.75, 3.05) is 0 Å². The molecule has 2 heteroatoms. The number of rotatable bonds is 4. The van der Waals surface area contributed by atoms with Gasteiger partial charge in [0.2, 0.25) is 0 Å². The monoisotopic (exact) mass is 245 g/mol. The van der Waals surface area contributed by atoms with Crippen molar-refractivity contribution in [3.63, 3.8) is 0 Å². The summed E-state index contributed by atoms with van der Waals surface area (Å²) in [6.07, 6.45) is 0. The van der Waals surface area contributed by atoms with Gasteiger partial charge in [0.1, 0.15) is 0 Å². The highest BCUT2D eigenvalue weighted by atomic mass is 35.5. The molecule has 0 atom stereocenters. The molecule has 1 N–H and O–H groups in total. The summed E-state index contributed by atoms with van der Waals surface area (Å²) in [6, 6.07) is 16.5. The van der Waals surface area contributed by atoms with E-state index in [1.54, 1.807) is 0 Å². The van der Waals surface area contributed by atoms with Crippen LogP contribution in [0.3, 0.4) is 0 Å². The number of nitrogens with one attached hydrogen (secondary N) is 1. The second kappa shape index (κ2) is 5.85. The molecule has 0 saturated carbocycles. The van der Waals surface area contributed by atoms with Crippen molar-refractivity contribution in [2.45, 2.75) is 20.0 Å². The Morgan fingerprint density at radius 1 is 0.941 bits per heavy atom. The van der Waals surface area contributed by atoms with E-state index in [0.29, 0.717) is 0 Å². The van der Waals surface area contributed by atoms with Crippen molar-refractivity contribution in [1.82, 2.24) is 5.32 Å². The van der Waals surface area contributed by atoms with E-state index >= 15 is 0 Å². The van der Waals surface area contributed by atoms with E-state index in [2.05, 4.69) is 42.6 Å². The summed E-state index contributed by atoms with van der Waals surface area (Å²) in [4.78, 5) is 0. The summed E-state index contributed by atoms with van der Waals surface area (Å²) in [5, 5.41) is 4.22. The van der Waals surface area contributed by atoms with Gasteiger partial charge in [-0.2, -0.15) is 0 Å². The molecule has 0 saturated heterocycles. The van der Waals surface area contributed by atoms with Gasteiger partial charge < -0.3 is 5.32 Å². The third-order valence-electron chi connectivity index (χ3n) is 2.60. The molecule has 2 aromatic carbocycles. The topological polar surface area (TPSA) is 12.0 Å². The highest BCUT2D eigenvalue weighted by Crippen LogP contribution is 2.14. The SMILES string of the molecule is Cc1cc(Cl)cc(CNCc2ccccc2)c1. The lowest BCUT2D eigenvalue weighted by Crippen LogP contribution is -2.12. The largest absolute Gasteiger partial charge is 0.309 e. The Morgan fingerprint density at radius 2 is 1.65 bits per heavy atom. The average Bonchev–Trinajstić information content (AvgIpc) is 2.29. The van der Waals surface area contributed by atoms with Crippen LogP contribution < -0.4 is 5.32 Å². The van der Waals surface area contributed by atoms with Crippen molar-refractivity contribution >= 4 is 11.6 Å². The molecule has 2 rings (SSSR count). The zero-order chi connectivity index (χ0) is 12.1. The maximum absolute atomic E-state index is 6.02. The fraction of sp³-hybridized carbons (Fsp3) is 0.200. The molecule has 0 fully saturated rings. The summed E-state index contributed by atoms with van der Waals surface area (Å²) in [7, 11) is 0. The average molecular weight is 246 g/mol. The van der Waals surface area contributed by atoms with Crippen LogP contribution in [0.25, 0.3) is 0 Å². The van der Waals surface area contributed by atoms with Crippen LogP contribution in [0.2, 0.25) is 5.02 Å². The number of benzene rings is 2. The zero-order valence-corrected chi connectivity index (χ0v) is 10.7. The standard InChI is InChI=1S/C15H16ClN/c1-12-7-14(9-15(16)8-12)11-17-10-13-5-3-2-4-6-13/h2-9,17H,10-11H2,1H3. The van der Waals surface area contributed by atoms with Crippen LogP contribution in [-0.2, 0) is 13.1 Å². The van der Waals surface area contributed by atoms with Gasteiger partial charge in [0.05, 0.1) is 0 Å². The van der Waals surface area contributed by atoms with Gasteiger partial charge in [-0.25, -0.2) is 0 Å². The van der Waals surface area contributed by atoms with Crippen LogP contribution in [-0.4, -0.2) is 0 Å². The first-order valence-electron chi connectivity index (χ1n) is 5.75. The van der Waals surface area contributed by atoms with Gasteiger partial charge in [-0.1, -0.05) is 48.0 Å². The molecule has 0 unspecified atom stereocenters. The summed E-state index contributed by atoms with van der Waals surface area (Å²) in [5.41, 5.74) is 3.73. The number of aryl methyl sites for hydroxylation is 1. The van der Waals surface area contributed by atoms with Gasteiger partial charge in [-0.15, -0.1) is 0 Å². The Hall–Kier alpha value is -1.31. The minimum Gasteiger partial charge on any atom is -0.309 e. The molecule has 0 aliphatic rings. The summed E-state index contributed by atoms with van der Waals surface area (Å²) in [5.74, 6) is 0. The molecular weight excluding hydrogens is 230 g/mol. The summed E-state index contributed by atoms with van der Waals surface area (Å²) < 4.78 is 0. The van der Waals surface area contributed by atoms with E-state index in [-0.39, 0.29) is 0 Å². The molecule has 0 aliphatic carbocycles. The van der Waals surface area contributed by atoms with Crippen LogP contribution in [0.4, 0.5) is 0 Å². The van der Waals surface area contributed by atoms with Crippen molar-refractivity contribution in [1.29, 1.82) is 0 Å². The molecule has 0 aromatic heterocycles. The number of halogens is 1. The molecule has 0 aliphatic heterocycles. The van der Waals surface area contributed by atoms with Gasteiger partial charge in [-0.3, -0.25) is 0 Å². The van der Waals surface area contributed by atoms with Crippen LogP contribution in [0.5, 0.6) is 0 Å². The zero-order valence-electron chi connectivity index (χ0n) is 9.91. The minimum absolute atomic E-state index is 0.807. The molecule has 0 heterocycles. The maximum atomic E-state index is 6.02. The summed E-state index contributed by atoms with van der Waals surface area (Å²) >= 11 is 6.02. The molecule has 1 nitrogen and oxygen atoms in total. The van der Waals surface area contributed by atoms with Crippen LogP contribution in [0.15, 0.2) is 48.5 Å². The predicted molar refractivity (Wildman–Crippen MR) is 73.2 cm³/mol. The second-order valence-corrected chi connectivity index (χ2v) is 4.66. The normalized spacial score (nSPS) is 10.5. The van der Waals surface area contributed by atoms with Gasteiger partial charge in [0.25, 0.3) is 0 Å². The lowest BCUT2D eigenvalue weighted by atomic mass is 10.1.